The molecule has 0 bridgehead atoms. The monoisotopic (exact) mass is 234 g/mol. The number of hydrazine groups is 1. The van der Waals surface area contributed by atoms with Crippen LogP contribution in [0, 0.1) is 6.92 Å². The predicted molar refractivity (Wildman–Crippen MR) is 53.4 cm³/mol. The van der Waals surface area contributed by atoms with E-state index in [0.29, 0.717) is 5.75 Å². The summed E-state index contributed by atoms with van der Waals surface area (Å²) in [4.78, 5) is 15.2. The molecular formula is C6H10N4O2S2. The first kappa shape index (κ1) is 11.4. The number of carbonyl (C=O) groups excluding carboxylic acids is 1. The fraction of sp³-hybridized carbons (Fsp3) is 0.500. The van der Waals surface area contributed by atoms with Crippen LogP contribution in [0.2, 0.25) is 0 Å². The summed E-state index contributed by atoms with van der Waals surface area (Å²) in [5.74, 6) is 5.01. The van der Waals surface area contributed by atoms with Gasteiger partial charge in [-0.25, -0.2) is 5.84 Å². The number of nitrogens with two attached hydrogens (primary N) is 1. The fourth-order valence-corrected chi connectivity index (χ4v) is 2.48. The minimum atomic E-state index is -0.388. The molecule has 0 saturated carbocycles. The van der Waals surface area contributed by atoms with Crippen LogP contribution in [0.3, 0.4) is 0 Å². The van der Waals surface area contributed by atoms with Crippen molar-refractivity contribution in [1.29, 1.82) is 0 Å². The second-order valence-corrected chi connectivity index (χ2v) is 4.80. The van der Waals surface area contributed by atoms with Crippen LogP contribution in [0.25, 0.3) is 0 Å². The average Bonchev–Trinajstić information content (AvgIpc) is 2.52. The van der Waals surface area contributed by atoms with Crippen molar-refractivity contribution in [3.63, 3.8) is 0 Å². The van der Waals surface area contributed by atoms with Gasteiger partial charge in [0.05, 0.1) is 6.42 Å². The maximum Gasteiger partial charge on any atom is 0.327 e. The highest BCUT2D eigenvalue weighted by Gasteiger charge is 2.05. The molecule has 78 valence electrons. The number of aromatic nitrogens is 2. The molecule has 14 heavy (non-hydrogen) atoms. The highest BCUT2D eigenvalue weighted by atomic mass is 32.2. The zero-order valence-electron chi connectivity index (χ0n) is 7.52. The number of rotatable bonds is 5. The third-order valence-electron chi connectivity index (χ3n) is 1.21. The zero-order chi connectivity index (χ0) is 10.4. The first-order valence-electron chi connectivity index (χ1n) is 3.80. The molecule has 0 spiro atoms. The number of nitrogens with one attached hydrogen (secondary N) is 1. The van der Waals surface area contributed by atoms with E-state index in [-0.39, 0.29) is 12.4 Å². The summed E-state index contributed by atoms with van der Waals surface area (Å²) < 4.78 is 0.857. The van der Waals surface area contributed by atoms with Gasteiger partial charge in [-0.05, 0) is 6.92 Å². The third-order valence-corrected chi connectivity index (χ3v) is 3.19. The van der Waals surface area contributed by atoms with Crippen molar-refractivity contribution in [1.82, 2.24) is 15.8 Å². The van der Waals surface area contributed by atoms with Gasteiger partial charge in [0.15, 0.2) is 4.34 Å². The van der Waals surface area contributed by atoms with E-state index in [2.05, 4.69) is 15.0 Å². The highest BCUT2D eigenvalue weighted by Crippen LogP contribution is 2.22. The molecule has 0 radical (unpaired) electrons. The van der Waals surface area contributed by atoms with Crippen LogP contribution in [0.1, 0.15) is 11.4 Å². The van der Waals surface area contributed by atoms with Crippen molar-refractivity contribution in [2.45, 2.75) is 17.7 Å². The molecule has 1 rings (SSSR count). The molecule has 1 aromatic rings. The van der Waals surface area contributed by atoms with Crippen molar-refractivity contribution < 1.29 is 9.63 Å². The van der Waals surface area contributed by atoms with E-state index < -0.39 is 0 Å². The Balaban J connectivity index is 2.18. The van der Waals surface area contributed by atoms with Gasteiger partial charge in [-0.15, -0.1) is 10.2 Å². The molecule has 0 fully saturated rings. The van der Waals surface area contributed by atoms with Crippen LogP contribution >= 0.6 is 23.1 Å². The molecular weight excluding hydrogens is 224 g/mol. The first-order valence-corrected chi connectivity index (χ1v) is 5.60. The van der Waals surface area contributed by atoms with Gasteiger partial charge in [0, 0.05) is 5.75 Å². The molecule has 3 N–H and O–H groups in total. The lowest BCUT2D eigenvalue weighted by Gasteiger charge is -1.98. The number of aryl methyl sites for hydroxylation is 1. The molecule has 0 saturated heterocycles. The second-order valence-electron chi connectivity index (χ2n) is 2.28. The minimum absolute atomic E-state index is 0.285. The SMILES string of the molecule is Cc1nnc(SCCC(=O)ONN)s1. The molecule has 0 atom stereocenters. The summed E-state index contributed by atoms with van der Waals surface area (Å²) in [6.45, 7) is 1.88. The Kier molecular flexibility index (Phi) is 4.80. The van der Waals surface area contributed by atoms with E-state index in [4.69, 9.17) is 5.84 Å². The standard InChI is InChI=1S/C6H10N4O2S2/c1-4-8-9-6(14-4)13-3-2-5(11)12-10-7/h10H,2-3,7H2,1H3. The van der Waals surface area contributed by atoms with Crippen LogP contribution in [0.4, 0.5) is 0 Å². The van der Waals surface area contributed by atoms with E-state index in [1.54, 1.807) is 0 Å². The second kappa shape index (κ2) is 5.91. The third kappa shape index (κ3) is 4.01. The number of hydrogen-bond donors (Lipinski definition) is 2. The summed E-state index contributed by atoms with van der Waals surface area (Å²) in [5, 5.41) is 8.66. The van der Waals surface area contributed by atoms with Gasteiger partial charge < -0.3 is 4.84 Å². The Labute approximate surface area is 89.2 Å². The normalized spacial score (nSPS) is 10.1. The molecule has 0 aromatic carbocycles. The fourth-order valence-electron chi connectivity index (χ4n) is 0.675. The smallest absolute Gasteiger partial charge is 0.327 e. The van der Waals surface area contributed by atoms with Gasteiger partial charge in [0.25, 0.3) is 0 Å². The van der Waals surface area contributed by atoms with E-state index in [1.165, 1.54) is 23.1 Å². The Morgan fingerprint density at radius 3 is 3.07 bits per heavy atom. The molecule has 8 heteroatoms. The molecule has 0 aliphatic carbocycles. The summed E-state index contributed by atoms with van der Waals surface area (Å²) in [5.41, 5.74) is 1.84. The van der Waals surface area contributed by atoms with Gasteiger partial charge >= 0.3 is 5.97 Å². The van der Waals surface area contributed by atoms with Gasteiger partial charge in [0.1, 0.15) is 5.01 Å². The van der Waals surface area contributed by atoms with Crippen LogP contribution in [0.15, 0.2) is 4.34 Å². The molecule has 1 heterocycles. The van der Waals surface area contributed by atoms with Crippen LogP contribution < -0.4 is 11.4 Å². The lowest BCUT2D eigenvalue weighted by Crippen LogP contribution is -2.26. The summed E-state index contributed by atoms with van der Waals surface area (Å²) in [6, 6.07) is 0. The highest BCUT2D eigenvalue weighted by molar-refractivity contribution is 8.01. The maximum absolute atomic E-state index is 10.8. The van der Waals surface area contributed by atoms with Gasteiger partial charge in [0.2, 0.25) is 0 Å². The topological polar surface area (TPSA) is 90.1 Å². The van der Waals surface area contributed by atoms with E-state index >= 15 is 0 Å². The summed E-state index contributed by atoms with van der Waals surface area (Å²) in [7, 11) is 0. The average molecular weight is 234 g/mol. The van der Waals surface area contributed by atoms with Gasteiger partial charge in [-0.2, -0.15) is 0 Å². The van der Waals surface area contributed by atoms with Crippen molar-refractivity contribution in [3.05, 3.63) is 5.01 Å². The molecule has 0 unspecified atom stereocenters. The van der Waals surface area contributed by atoms with Crippen LogP contribution in [-0.4, -0.2) is 21.9 Å². The number of thioether (sulfide) groups is 1. The summed E-state index contributed by atoms with van der Waals surface area (Å²) >= 11 is 2.97. The Hall–Kier alpha value is -0.700. The van der Waals surface area contributed by atoms with Crippen molar-refractivity contribution in [3.8, 4) is 0 Å². The predicted octanol–water partition coefficient (Wildman–Crippen LogP) is 0.250. The van der Waals surface area contributed by atoms with Crippen molar-refractivity contribution in [2.75, 3.05) is 5.75 Å². The number of hydrogen-bond acceptors (Lipinski definition) is 8. The van der Waals surface area contributed by atoms with E-state index in [1.807, 2.05) is 12.5 Å². The molecule has 1 aromatic heterocycles. The van der Waals surface area contributed by atoms with Crippen molar-refractivity contribution in [2.24, 2.45) is 5.84 Å². The van der Waals surface area contributed by atoms with Crippen LogP contribution in [-0.2, 0) is 9.63 Å². The zero-order valence-corrected chi connectivity index (χ0v) is 9.15. The van der Waals surface area contributed by atoms with Gasteiger partial charge in [-0.3, -0.25) is 4.79 Å². The lowest BCUT2D eigenvalue weighted by atomic mass is 10.5. The molecule has 0 aliphatic rings. The van der Waals surface area contributed by atoms with E-state index in [9.17, 15) is 4.79 Å². The number of carbonyl (C=O) groups is 1. The summed E-state index contributed by atoms with van der Waals surface area (Å²) in [6.07, 6.45) is 0.285. The van der Waals surface area contributed by atoms with Crippen LogP contribution in [0.5, 0.6) is 0 Å². The first-order chi connectivity index (χ1) is 6.72. The minimum Gasteiger partial charge on any atom is -0.356 e. The Bertz CT molecular complexity index is 304. The quantitative estimate of drug-likeness (QED) is 0.429. The maximum atomic E-state index is 10.8. The van der Waals surface area contributed by atoms with Crippen molar-refractivity contribution >= 4 is 29.1 Å². The van der Waals surface area contributed by atoms with E-state index in [0.717, 1.165) is 9.35 Å². The largest absolute Gasteiger partial charge is 0.356 e. The van der Waals surface area contributed by atoms with Gasteiger partial charge in [-0.1, -0.05) is 28.7 Å². The number of nitrogens with zero attached hydrogens (tertiary/aromatic N) is 2. The molecule has 0 aliphatic heterocycles. The molecule has 0 amide bonds. The Morgan fingerprint density at radius 1 is 1.71 bits per heavy atom. The Morgan fingerprint density at radius 2 is 2.50 bits per heavy atom. The molecule has 6 nitrogen and oxygen atoms in total. The lowest BCUT2D eigenvalue weighted by molar-refractivity contribution is -0.150.